The molecule has 2 amide bonds. The monoisotopic (exact) mass is 355 g/mol. The fourth-order valence-corrected chi connectivity index (χ4v) is 3.96. The standard InChI is InChI=1S/C17H22FN3O2.ClH/c1-21(2)17(23)12-8-11(5-6-13(12)18)20-16(22)14-9-3-4-10(7-9)15(14)19;/h5-6,8-10,14-15H,3-4,7,19H2,1-2H3,(H,20,22);1H. The number of nitrogens with one attached hydrogen (secondary N) is 1. The maximum atomic E-state index is 13.8. The summed E-state index contributed by atoms with van der Waals surface area (Å²) in [4.78, 5) is 25.8. The van der Waals surface area contributed by atoms with Crippen LogP contribution in [0.25, 0.3) is 0 Å². The smallest absolute Gasteiger partial charge is 0.256 e. The highest BCUT2D eigenvalue weighted by Crippen LogP contribution is 2.47. The normalized spacial score (nSPS) is 27.5. The Morgan fingerprint density at radius 2 is 1.92 bits per heavy atom. The molecule has 4 unspecified atom stereocenters. The van der Waals surface area contributed by atoms with Crippen molar-refractivity contribution in [3.8, 4) is 0 Å². The first-order valence-corrected chi connectivity index (χ1v) is 7.96. The number of halogens is 2. The Kier molecular flexibility index (Phi) is 5.50. The van der Waals surface area contributed by atoms with Crippen molar-refractivity contribution in [1.29, 1.82) is 0 Å². The lowest BCUT2D eigenvalue weighted by Crippen LogP contribution is -2.42. The zero-order valence-electron chi connectivity index (χ0n) is 13.8. The zero-order chi connectivity index (χ0) is 16.7. The quantitative estimate of drug-likeness (QED) is 0.873. The predicted octanol–water partition coefficient (Wildman–Crippen LogP) is 2.26. The molecular weight excluding hydrogens is 333 g/mol. The molecule has 0 aromatic heterocycles. The van der Waals surface area contributed by atoms with Crippen LogP contribution in [-0.2, 0) is 4.79 Å². The van der Waals surface area contributed by atoms with Gasteiger partial charge in [0.05, 0.1) is 11.5 Å². The van der Waals surface area contributed by atoms with Crippen molar-refractivity contribution in [2.24, 2.45) is 23.5 Å². The number of carbonyl (C=O) groups excluding carboxylic acids is 2. The predicted molar refractivity (Wildman–Crippen MR) is 92.6 cm³/mol. The summed E-state index contributed by atoms with van der Waals surface area (Å²) in [5.74, 6) is -0.562. The minimum atomic E-state index is -0.599. The van der Waals surface area contributed by atoms with E-state index in [-0.39, 0.29) is 35.8 Å². The summed E-state index contributed by atoms with van der Waals surface area (Å²) < 4.78 is 13.8. The lowest BCUT2D eigenvalue weighted by Gasteiger charge is -2.27. The summed E-state index contributed by atoms with van der Waals surface area (Å²) in [6.07, 6.45) is 3.17. The number of amides is 2. The van der Waals surface area contributed by atoms with Crippen molar-refractivity contribution >= 4 is 29.9 Å². The van der Waals surface area contributed by atoms with Gasteiger partial charge in [0.25, 0.3) is 5.91 Å². The van der Waals surface area contributed by atoms with Gasteiger partial charge in [-0.2, -0.15) is 0 Å². The molecule has 2 fully saturated rings. The van der Waals surface area contributed by atoms with E-state index in [9.17, 15) is 14.0 Å². The second-order valence-electron chi connectivity index (χ2n) is 6.82. The number of fused-ring (bicyclic) bond motifs is 2. The third kappa shape index (κ3) is 3.26. The Labute approximate surface area is 147 Å². The maximum Gasteiger partial charge on any atom is 0.256 e. The minimum Gasteiger partial charge on any atom is -0.345 e. The van der Waals surface area contributed by atoms with Crippen molar-refractivity contribution in [2.75, 3.05) is 19.4 Å². The Bertz CT molecular complexity index is 651. The van der Waals surface area contributed by atoms with Gasteiger partial charge in [-0.3, -0.25) is 9.59 Å². The van der Waals surface area contributed by atoms with Crippen LogP contribution in [0.3, 0.4) is 0 Å². The van der Waals surface area contributed by atoms with E-state index in [0.717, 1.165) is 19.3 Å². The summed E-state index contributed by atoms with van der Waals surface area (Å²) in [5.41, 5.74) is 6.56. The van der Waals surface area contributed by atoms with Crippen LogP contribution in [0.2, 0.25) is 0 Å². The van der Waals surface area contributed by atoms with E-state index in [0.29, 0.717) is 17.5 Å². The first kappa shape index (κ1) is 18.7. The van der Waals surface area contributed by atoms with Crippen molar-refractivity contribution in [3.63, 3.8) is 0 Å². The van der Waals surface area contributed by atoms with Gasteiger partial charge in [0, 0.05) is 25.8 Å². The molecule has 3 N–H and O–H groups in total. The van der Waals surface area contributed by atoms with E-state index in [1.807, 2.05) is 0 Å². The molecule has 0 saturated heterocycles. The number of rotatable bonds is 3. The molecule has 2 aliphatic carbocycles. The molecule has 4 atom stereocenters. The molecule has 7 heteroatoms. The minimum absolute atomic E-state index is 0. The van der Waals surface area contributed by atoms with Crippen LogP contribution in [0.1, 0.15) is 29.6 Å². The number of hydrogen-bond donors (Lipinski definition) is 2. The molecule has 132 valence electrons. The summed E-state index contributed by atoms with van der Waals surface area (Å²) in [5, 5.41) is 2.80. The number of anilines is 1. The van der Waals surface area contributed by atoms with Gasteiger partial charge < -0.3 is 16.0 Å². The summed E-state index contributed by atoms with van der Waals surface area (Å²) in [6.45, 7) is 0. The third-order valence-corrected chi connectivity index (χ3v) is 5.15. The van der Waals surface area contributed by atoms with Crippen molar-refractivity contribution < 1.29 is 14.0 Å². The van der Waals surface area contributed by atoms with Crippen LogP contribution >= 0.6 is 12.4 Å². The molecule has 0 spiro atoms. The van der Waals surface area contributed by atoms with Gasteiger partial charge in [-0.05, 0) is 49.3 Å². The average Bonchev–Trinajstić information content (AvgIpc) is 3.09. The van der Waals surface area contributed by atoms with Gasteiger partial charge in [0.1, 0.15) is 5.82 Å². The first-order chi connectivity index (χ1) is 10.9. The van der Waals surface area contributed by atoms with Crippen molar-refractivity contribution in [1.82, 2.24) is 4.90 Å². The highest BCUT2D eigenvalue weighted by molar-refractivity contribution is 5.98. The fraction of sp³-hybridized carbons (Fsp3) is 0.529. The second kappa shape index (κ2) is 7.07. The van der Waals surface area contributed by atoms with Crippen molar-refractivity contribution in [2.45, 2.75) is 25.3 Å². The van der Waals surface area contributed by atoms with E-state index in [2.05, 4.69) is 5.32 Å². The molecule has 0 heterocycles. The van der Waals surface area contributed by atoms with Crippen molar-refractivity contribution in [3.05, 3.63) is 29.6 Å². The molecule has 0 aliphatic heterocycles. The Hall–Kier alpha value is -1.66. The molecule has 2 bridgehead atoms. The van der Waals surface area contributed by atoms with Gasteiger partial charge >= 0.3 is 0 Å². The molecule has 5 nitrogen and oxygen atoms in total. The second-order valence-corrected chi connectivity index (χ2v) is 6.82. The molecule has 0 radical (unpaired) electrons. The summed E-state index contributed by atoms with van der Waals surface area (Å²) >= 11 is 0. The van der Waals surface area contributed by atoms with E-state index in [4.69, 9.17) is 5.73 Å². The molecule has 2 saturated carbocycles. The van der Waals surface area contributed by atoms with E-state index < -0.39 is 11.7 Å². The zero-order valence-corrected chi connectivity index (χ0v) is 14.6. The van der Waals surface area contributed by atoms with Crippen LogP contribution in [0.4, 0.5) is 10.1 Å². The number of benzene rings is 1. The lowest BCUT2D eigenvalue weighted by molar-refractivity contribution is -0.121. The highest BCUT2D eigenvalue weighted by Gasteiger charge is 2.49. The molecule has 1 aromatic rings. The molecule has 1 aromatic carbocycles. The van der Waals surface area contributed by atoms with Crippen LogP contribution < -0.4 is 11.1 Å². The summed E-state index contributed by atoms with van der Waals surface area (Å²) in [6, 6.07) is 3.96. The fourth-order valence-electron chi connectivity index (χ4n) is 3.96. The first-order valence-electron chi connectivity index (χ1n) is 7.96. The van der Waals surface area contributed by atoms with Crippen LogP contribution in [0.5, 0.6) is 0 Å². The highest BCUT2D eigenvalue weighted by atomic mass is 35.5. The number of hydrogen-bond acceptors (Lipinski definition) is 3. The average molecular weight is 356 g/mol. The van der Waals surface area contributed by atoms with Gasteiger partial charge in [-0.1, -0.05) is 0 Å². The Morgan fingerprint density at radius 1 is 1.25 bits per heavy atom. The van der Waals surface area contributed by atoms with Gasteiger partial charge in [0.15, 0.2) is 0 Å². The molecule has 24 heavy (non-hydrogen) atoms. The maximum absolute atomic E-state index is 13.8. The van der Waals surface area contributed by atoms with Crippen LogP contribution in [0, 0.1) is 23.6 Å². The molecular formula is C17H23ClFN3O2. The summed E-state index contributed by atoms with van der Waals surface area (Å²) in [7, 11) is 3.11. The van der Waals surface area contributed by atoms with Crippen LogP contribution in [-0.4, -0.2) is 36.9 Å². The van der Waals surface area contributed by atoms with Gasteiger partial charge in [-0.25, -0.2) is 4.39 Å². The van der Waals surface area contributed by atoms with E-state index in [1.54, 1.807) is 14.1 Å². The Morgan fingerprint density at radius 3 is 2.50 bits per heavy atom. The van der Waals surface area contributed by atoms with Gasteiger partial charge in [-0.15, -0.1) is 12.4 Å². The Balaban J connectivity index is 0.00000208. The number of carbonyl (C=O) groups is 2. The van der Waals surface area contributed by atoms with E-state index in [1.165, 1.54) is 23.1 Å². The molecule has 3 rings (SSSR count). The van der Waals surface area contributed by atoms with Gasteiger partial charge in [0.2, 0.25) is 5.91 Å². The topological polar surface area (TPSA) is 75.4 Å². The van der Waals surface area contributed by atoms with Crippen LogP contribution in [0.15, 0.2) is 18.2 Å². The van der Waals surface area contributed by atoms with E-state index >= 15 is 0 Å². The third-order valence-electron chi connectivity index (χ3n) is 5.15. The largest absolute Gasteiger partial charge is 0.345 e. The lowest BCUT2D eigenvalue weighted by atomic mass is 9.84. The number of nitrogens with zero attached hydrogens (tertiary/aromatic N) is 1. The number of nitrogens with two attached hydrogens (primary N) is 1. The molecule has 2 aliphatic rings. The SMILES string of the molecule is CN(C)C(=O)c1cc(NC(=O)C2C3CCC(C3)C2N)ccc1F.Cl.